The predicted octanol–water partition coefficient (Wildman–Crippen LogP) is 6.68. The number of hydrogen-bond acceptors (Lipinski definition) is 5. The van der Waals surface area contributed by atoms with E-state index in [1.807, 2.05) is 6.07 Å². The van der Waals surface area contributed by atoms with Crippen molar-refractivity contribution in [2.24, 2.45) is 0 Å². The summed E-state index contributed by atoms with van der Waals surface area (Å²) in [6, 6.07) is 14.8. The summed E-state index contributed by atoms with van der Waals surface area (Å²) in [7, 11) is 2.87. The van der Waals surface area contributed by atoms with Crippen LogP contribution in [0.3, 0.4) is 0 Å². The van der Waals surface area contributed by atoms with E-state index in [2.05, 4.69) is 0 Å². The van der Waals surface area contributed by atoms with Gasteiger partial charge in [-0.05, 0) is 85.8 Å². The van der Waals surface area contributed by atoms with Gasteiger partial charge in [-0.1, -0.05) is 40.9 Å². The van der Waals surface area contributed by atoms with E-state index in [9.17, 15) is 14.4 Å². The van der Waals surface area contributed by atoms with Crippen LogP contribution in [0.15, 0.2) is 54.6 Å². The van der Waals surface area contributed by atoms with Gasteiger partial charge in [0.1, 0.15) is 17.2 Å². The Hall–Kier alpha value is -3.26. The van der Waals surface area contributed by atoms with Crippen LogP contribution in [0.1, 0.15) is 53.2 Å². The summed E-state index contributed by atoms with van der Waals surface area (Å²) in [4.78, 5) is 43.8. The number of piperidine rings is 1. The largest absolute Gasteiger partial charge is 0.496 e. The number of amides is 2. The summed E-state index contributed by atoms with van der Waals surface area (Å²) < 4.78 is 10.5. The first kappa shape index (κ1) is 29.2. The van der Waals surface area contributed by atoms with E-state index in [4.69, 9.17) is 44.3 Å². The van der Waals surface area contributed by atoms with Gasteiger partial charge in [-0.25, -0.2) is 4.79 Å². The minimum atomic E-state index is -1.25. The van der Waals surface area contributed by atoms with Crippen molar-refractivity contribution in [3.05, 3.63) is 91.9 Å². The molecule has 5 rings (SSSR count). The average Bonchev–Trinajstić information content (AvgIpc) is 3.19. The zero-order valence-electron chi connectivity index (χ0n) is 22.9. The van der Waals surface area contributed by atoms with Gasteiger partial charge in [0.05, 0.1) is 20.8 Å². The lowest BCUT2D eigenvalue weighted by Crippen LogP contribution is -2.48. The maximum atomic E-state index is 14.4. The molecule has 1 fully saturated rings. The Bertz CT molecular complexity index is 1540. The Balaban J connectivity index is 1.58. The Labute approximate surface area is 253 Å². The first-order valence-electron chi connectivity index (χ1n) is 13.2. The van der Waals surface area contributed by atoms with Crippen LogP contribution in [0.25, 0.3) is 0 Å². The summed E-state index contributed by atoms with van der Waals surface area (Å²) in [5, 5.41) is 1.32. The number of carbonyl (C=O) groups excluding carboxylic acids is 3. The molecule has 0 aliphatic carbocycles. The average molecular weight is 616 g/mol. The number of anilines is 1. The third-order valence-electron chi connectivity index (χ3n) is 8.03. The summed E-state index contributed by atoms with van der Waals surface area (Å²) in [6.07, 6.45) is 2.14. The van der Waals surface area contributed by atoms with E-state index in [1.54, 1.807) is 72.4 Å². The lowest BCUT2D eigenvalue weighted by molar-refractivity contribution is -0.147. The number of methoxy groups -OCH3 is 2. The van der Waals surface area contributed by atoms with E-state index in [-0.39, 0.29) is 18.4 Å². The molecule has 3 aromatic carbocycles. The third kappa shape index (κ3) is 5.16. The number of carbonyl (C=O) groups is 3. The number of nitrogens with zero attached hydrogens (tertiary/aromatic N) is 2. The van der Waals surface area contributed by atoms with Crippen LogP contribution in [0.5, 0.6) is 5.75 Å². The molecular formula is C31H29Cl3N2O5. The number of halogens is 3. The molecule has 2 aliphatic rings. The van der Waals surface area contributed by atoms with Crippen molar-refractivity contribution in [3.8, 4) is 5.75 Å². The number of fused-ring (bicyclic) bond motifs is 1. The Kier molecular flexibility index (Phi) is 8.24. The Morgan fingerprint density at radius 2 is 1.68 bits per heavy atom. The van der Waals surface area contributed by atoms with Gasteiger partial charge >= 0.3 is 5.97 Å². The first-order valence-corrected chi connectivity index (χ1v) is 14.4. The van der Waals surface area contributed by atoms with Gasteiger partial charge < -0.3 is 19.3 Å². The Morgan fingerprint density at radius 1 is 0.951 bits per heavy atom. The van der Waals surface area contributed by atoms with E-state index in [1.165, 1.54) is 7.11 Å². The van der Waals surface area contributed by atoms with Crippen molar-refractivity contribution in [3.63, 3.8) is 0 Å². The molecule has 0 saturated carbocycles. The number of hydrogen-bond donors (Lipinski definition) is 0. The van der Waals surface area contributed by atoms with Crippen LogP contribution < -0.4 is 9.64 Å². The van der Waals surface area contributed by atoms with E-state index < -0.39 is 17.4 Å². The minimum Gasteiger partial charge on any atom is -0.496 e. The smallest absolute Gasteiger partial charge is 0.328 e. The van der Waals surface area contributed by atoms with Gasteiger partial charge in [0, 0.05) is 38.4 Å². The molecule has 3 aromatic rings. The molecule has 41 heavy (non-hydrogen) atoms. The van der Waals surface area contributed by atoms with Crippen LogP contribution >= 0.6 is 34.8 Å². The maximum absolute atomic E-state index is 14.4. The zero-order valence-corrected chi connectivity index (χ0v) is 25.1. The molecule has 0 spiro atoms. The highest BCUT2D eigenvalue weighted by molar-refractivity contribution is 6.33. The summed E-state index contributed by atoms with van der Waals surface area (Å²) >= 11 is 19.4. The van der Waals surface area contributed by atoms with Gasteiger partial charge in [-0.2, -0.15) is 0 Å². The van der Waals surface area contributed by atoms with Crippen molar-refractivity contribution < 1.29 is 23.9 Å². The van der Waals surface area contributed by atoms with Crippen LogP contribution in [-0.4, -0.2) is 49.5 Å². The molecule has 2 aliphatic heterocycles. The second-order valence-corrected chi connectivity index (χ2v) is 11.6. The van der Waals surface area contributed by atoms with Crippen molar-refractivity contribution in [1.29, 1.82) is 0 Å². The van der Waals surface area contributed by atoms with Crippen LogP contribution in [0, 0.1) is 0 Å². The molecule has 2 heterocycles. The molecule has 2 amide bonds. The fourth-order valence-corrected chi connectivity index (χ4v) is 6.48. The standard InChI is InChI=1S/C31H29Cl3N2O5/c1-31(22-14-18(8-11-24(22)34)28(37)35-13-5-4-6-26(35)29(38)41-3)23-15-20(32)10-12-25(23)36(30(31)39)17-19-7-9-21(33)16-27(19)40-2/h7-12,14-16,26H,4-6,13,17H2,1-3H3. The number of benzene rings is 3. The topological polar surface area (TPSA) is 76.2 Å². The molecule has 0 N–H and O–H groups in total. The molecule has 7 nitrogen and oxygen atoms in total. The number of likely N-dealkylation sites (tertiary alicyclic amines) is 1. The fourth-order valence-electron chi connectivity index (χ4n) is 5.84. The van der Waals surface area contributed by atoms with Crippen molar-refractivity contribution in [2.75, 3.05) is 25.7 Å². The molecule has 1 saturated heterocycles. The van der Waals surface area contributed by atoms with Crippen molar-refractivity contribution in [2.45, 2.75) is 44.2 Å². The number of ether oxygens (including phenoxy) is 2. The minimum absolute atomic E-state index is 0.216. The van der Waals surface area contributed by atoms with E-state index in [0.29, 0.717) is 56.2 Å². The van der Waals surface area contributed by atoms with Crippen LogP contribution in [-0.2, 0) is 26.3 Å². The lowest BCUT2D eigenvalue weighted by atomic mass is 9.76. The molecular weight excluding hydrogens is 587 g/mol. The van der Waals surface area contributed by atoms with Gasteiger partial charge in [0.2, 0.25) is 5.91 Å². The molecule has 10 heteroatoms. The second kappa shape index (κ2) is 11.6. The van der Waals surface area contributed by atoms with E-state index in [0.717, 1.165) is 18.4 Å². The normalized spacial score (nSPS) is 20.1. The van der Waals surface area contributed by atoms with Gasteiger partial charge in [0.15, 0.2) is 0 Å². The second-order valence-electron chi connectivity index (χ2n) is 10.4. The van der Waals surface area contributed by atoms with Gasteiger partial charge in [-0.3, -0.25) is 9.59 Å². The third-order valence-corrected chi connectivity index (χ3v) is 8.83. The molecule has 0 radical (unpaired) electrons. The monoisotopic (exact) mass is 614 g/mol. The zero-order chi connectivity index (χ0) is 29.5. The highest BCUT2D eigenvalue weighted by Gasteiger charge is 2.50. The van der Waals surface area contributed by atoms with Gasteiger partial charge in [0.25, 0.3) is 5.91 Å². The van der Waals surface area contributed by atoms with E-state index >= 15 is 0 Å². The highest BCUT2D eigenvalue weighted by Crippen LogP contribution is 2.49. The van der Waals surface area contributed by atoms with Crippen LogP contribution in [0.2, 0.25) is 15.1 Å². The quantitative estimate of drug-likeness (QED) is 0.289. The number of esters is 1. The Morgan fingerprint density at radius 3 is 2.41 bits per heavy atom. The van der Waals surface area contributed by atoms with Gasteiger partial charge in [-0.15, -0.1) is 0 Å². The number of rotatable bonds is 6. The summed E-state index contributed by atoms with van der Waals surface area (Å²) in [5.41, 5.74) is 1.65. The molecule has 2 atom stereocenters. The molecule has 214 valence electrons. The molecule has 0 bridgehead atoms. The van der Waals surface area contributed by atoms with Crippen molar-refractivity contribution >= 4 is 58.3 Å². The summed E-state index contributed by atoms with van der Waals surface area (Å²) in [6.45, 7) is 2.44. The lowest BCUT2D eigenvalue weighted by Gasteiger charge is -2.34. The highest BCUT2D eigenvalue weighted by atomic mass is 35.5. The fraction of sp³-hybridized carbons (Fsp3) is 0.323. The first-order chi connectivity index (χ1) is 19.6. The SMILES string of the molecule is COC(=O)C1CCCCN1C(=O)c1ccc(Cl)c(C2(C)C(=O)N(Cc3ccc(Cl)cc3OC)c3ccc(Cl)cc32)c1. The maximum Gasteiger partial charge on any atom is 0.328 e. The van der Waals surface area contributed by atoms with Crippen LogP contribution in [0.4, 0.5) is 5.69 Å². The van der Waals surface area contributed by atoms with Crippen molar-refractivity contribution in [1.82, 2.24) is 4.90 Å². The molecule has 0 aromatic heterocycles. The predicted molar refractivity (Wildman–Crippen MR) is 159 cm³/mol. The summed E-state index contributed by atoms with van der Waals surface area (Å²) in [5.74, 6) is -0.437. The molecule has 2 unspecified atom stereocenters.